The summed E-state index contributed by atoms with van der Waals surface area (Å²) in [6.07, 6.45) is -3.16. The summed E-state index contributed by atoms with van der Waals surface area (Å²) in [5.41, 5.74) is -0.159. The summed E-state index contributed by atoms with van der Waals surface area (Å²) in [6.45, 7) is 3.51. The number of hydrogen-bond acceptors (Lipinski definition) is 5. The number of aliphatic hydroxyl groups is 2. The van der Waals surface area contributed by atoms with Crippen LogP contribution in [0.4, 0.5) is 0 Å². The number of hydrogen-bond donors (Lipinski definition) is 2. The van der Waals surface area contributed by atoms with Gasteiger partial charge in [0.25, 0.3) is 0 Å². The minimum atomic E-state index is -2.14. The molecule has 0 bridgehead atoms. The van der Waals surface area contributed by atoms with Crippen LogP contribution in [0.15, 0.2) is 48.5 Å². The van der Waals surface area contributed by atoms with Gasteiger partial charge in [-0.1, -0.05) is 80.4 Å². The van der Waals surface area contributed by atoms with Gasteiger partial charge in [-0.2, -0.15) is 0 Å². The molecule has 2 N–H and O–H groups in total. The molecule has 28 heavy (non-hydrogen) atoms. The molecule has 0 radical (unpaired) electrons. The van der Waals surface area contributed by atoms with E-state index in [2.05, 4.69) is 31.9 Å². The molecule has 0 saturated carbocycles. The molecule has 1 aliphatic heterocycles. The van der Waals surface area contributed by atoms with Crippen molar-refractivity contribution in [3.8, 4) is 0 Å². The van der Waals surface area contributed by atoms with E-state index in [1.807, 2.05) is 0 Å². The second-order valence-corrected chi connectivity index (χ2v) is 8.79. The van der Waals surface area contributed by atoms with Crippen LogP contribution in [0, 0.1) is 13.8 Å². The lowest BCUT2D eigenvalue weighted by Gasteiger charge is -2.32. The van der Waals surface area contributed by atoms with Gasteiger partial charge in [0.2, 0.25) is 0 Å². The molecule has 7 heteroatoms. The number of carbonyl (C=O) groups is 2. The molecule has 1 fully saturated rings. The first-order chi connectivity index (χ1) is 13.2. The second kappa shape index (κ2) is 8.16. The average molecular weight is 512 g/mol. The molecule has 0 aliphatic carbocycles. The zero-order valence-electron chi connectivity index (χ0n) is 15.3. The van der Waals surface area contributed by atoms with Crippen LogP contribution in [0.1, 0.15) is 31.8 Å². The number of alkyl halides is 2. The van der Waals surface area contributed by atoms with Crippen LogP contribution in [0.25, 0.3) is 0 Å². The van der Waals surface area contributed by atoms with Crippen molar-refractivity contribution in [1.82, 2.24) is 0 Å². The standard InChI is InChI=1S/C21H20Br2O5/c1-11-7-3-5-9-13(11)15(24)16(25)19-21(27,17(22)20(23)28-19)18(26)14-10-6-4-8-12(14)2/h3-10,16-17,19-20,25,27H,1-2H3/t16?,17-,19-,20+,21-/m0/s1. The lowest BCUT2D eigenvalue weighted by molar-refractivity contribution is -0.0697. The van der Waals surface area contributed by atoms with E-state index < -0.39 is 39.2 Å². The predicted molar refractivity (Wildman–Crippen MR) is 112 cm³/mol. The fourth-order valence-corrected chi connectivity index (χ4v) is 4.66. The molecule has 2 aromatic rings. The van der Waals surface area contributed by atoms with E-state index in [1.165, 1.54) is 0 Å². The number of aliphatic hydroxyl groups excluding tert-OH is 1. The summed E-state index contributed by atoms with van der Waals surface area (Å²) in [5.74, 6) is -1.23. The highest BCUT2D eigenvalue weighted by atomic mass is 79.9. The van der Waals surface area contributed by atoms with Gasteiger partial charge in [-0.15, -0.1) is 0 Å². The molecule has 148 valence electrons. The van der Waals surface area contributed by atoms with Crippen LogP contribution in [-0.4, -0.2) is 49.4 Å². The lowest BCUT2D eigenvalue weighted by atomic mass is 9.81. The maximum Gasteiger partial charge on any atom is 0.198 e. The number of aryl methyl sites for hydroxylation is 2. The van der Waals surface area contributed by atoms with E-state index in [0.717, 1.165) is 0 Å². The quantitative estimate of drug-likeness (QED) is 0.475. The van der Waals surface area contributed by atoms with Gasteiger partial charge in [0.1, 0.15) is 17.2 Å². The number of Topliss-reactive ketones (excluding diaryl/α,β-unsaturated/α-hetero) is 2. The molecule has 1 saturated heterocycles. The summed E-state index contributed by atoms with van der Waals surface area (Å²) >= 11 is 6.58. The summed E-state index contributed by atoms with van der Waals surface area (Å²) < 4.78 is 5.64. The molecule has 3 rings (SSSR count). The van der Waals surface area contributed by atoms with Crippen molar-refractivity contribution in [3.05, 3.63) is 70.8 Å². The Morgan fingerprint density at radius 3 is 2.04 bits per heavy atom. The summed E-state index contributed by atoms with van der Waals surface area (Å²) in [5, 5.41) is 21.4. The molecule has 1 unspecified atom stereocenters. The molecule has 0 amide bonds. The summed E-state index contributed by atoms with van der Waals surface area (Å²) in [4.78, 5) is 25.3. The Bertz CT molecular complexity index is 915. The number of halogens is 2. The smallest absolute Gasteiger partial charge is 0.198 e. The highest BCUT2D eigenvalue weighted by Gasteiger charge is 2.62. The van der Waals surface area contributed by atoms with E-state index in [1.54, 1.807) is 62.4 Å². The maximum absolute atomic E-state index is 13.3. The number of benzene rings is 2. The van der Waals surface area contributed by atoms with E-state index in [9.17, 15) is 19.8 Å². The van der Waals surface area contributed by atoms with Crippen LogP contribution >= 0.6 is 31.9 Å². The summed E-state index contributed by atoms with van der Waals surface area (Å²) in [7, 11) is 0. The third-order valence-corrected chi connectivity index (χ3v) is 7.71. The van der Waals surface area contributed by atoms with Crippen LogP contribution < -0.4 is 0 Å². The van der Waals surface area contributed by atoms with Crippen LogP contribution in [0.3, 0.4) is 0 Å². The fraction of sp³-hybridized carbons (Fsp3) is 0.333. The monoisotopic (exact) mass is 510 g/mol. The fourth-order valence-electron chi connectivity index (χ4n) is 3.43. The van der Waals surface area contributed by atoms with E-state index in [-0.39, 0.29) is 0 Å². The van der Waals surface area contributed by atoms with Crippen LogP contribution in [0.5, 0.6) is 0 Å². The predicted octanol–water partition coefficient (Wildman–Crippen LogP) is 3.34. The highest BCUT2D eigenvalue weighted by Crippen LogP contribution is 2.43. The van der Waals surface area contributed by atoms with Crippen molar-refractivity contribution in [1.29, 1.82) is 0 Å². The Kier molecular flexibility index (Phi) is 6.22. The minimum absolute atomic E-state index is 0.306. The highest BCUT2D eigenvalue weighted by molar-refractivity contribution is 9.12. The van der Waals surface area contributed by atoms with E-state index in [4.69, 9.17) is 4.74 Å². The molecule has 0 aromatic heterocycles. The second-order valence-electron chi connectivity index (χ2n) is 6.90. The molecule has 2 aromatic carbocycles. The van der Waals surface area contributed by atoms with Crippen molar-refractivity contribution < 1.29 is 24.5 Å². The molecule has 0 spiro atoms. The van der Waals surface area contributed by atoms with E-state index in [0.29, 0.717) is 22.3 Å². The van der Waals surface area contributed by atoms with Crippen molar-refractivity contribution in [2.24, 2.45) is 0 Å². The zero-order valence-corrected chi connectivity index (χ0v) is 18.5. The Hall–Kier alpha value is -1.38. The third kappa shape index (κ3) is 3.50. The van der Waals surface area contributed by atoms with Crippen molar-refractivity contribution in [2.45, 2.75) is 41.5 Å². The number of ether oxygens (including phenoxy) is 1. The number of rotatable bonds is 5. The van der Waals surface area contributed by atoms with Gasteiger partial charge >= 0.3 is 0 Å². The Morgan fingerprint density at radius 2 is 1.50 bits per heavy atom. The maximum atomic E-state index is 13.3. The molecule has 1 heterocycles. The molecule has 1 aliphatic rings. The SMILES string of the molecule is Cc1ccccc1C(=O)C(O)[C@@H]1O[C@@H](Br)[C@H](Br)[C@]1(O)C(=O)c1ccccc1C. The molecule has 5 atom stereocenters. The minimum Gasteiger partial charge on any atom is -0.382 e. The number of carbonyl (C=O) groups excluding carboxylic acids is 2. The summed E-state index contributed by atoms with van der Waals surface area (Å²) in [6, 6.07) is 13.6. The largest absolute Gasteiger partial charge is 0.382 e. The van der Waals surface area contributed by atoms with Gasteiger partial charge in [0, 0.05) is 11.1 Å². The Balaban J connectivity index is 2.01. The first-order valence-electron chi connectivity index (χ1n) is 8.74. The third-order valence-electron chi connectivity index (χ3n) is 5.08. The van der Waals surface area contributed by atoms with Gasteiger partial charge in [-0.05, 0) is 25.0 Å². The average Bonchev–Trinajstić information content (AvgIpc) is 2.92. The zero-order chi connectivity index (χ0) is 20.6. The van der Waals surface area contributed by atoms with Crippen LogP contribution in [-0.2, 0) is 4.74 Å². The van der Waals surface area contributed by atoms with Gasteiger partial charge in [-0.3, -0.25) is 9.59 Å². The van der Waals surface area contributed by atoms with Gasteiger partial charge in [-0.25, -0.2) is 0 Å². The van der Waals surface area contributed by atoms with Crippen molar-refractivity contribution in [2.75, 3.05) is 0 Å². The van der Waals surface area contributed by atoms with E-state index >= 15 is 0 Å². The molecule has 5 nitrogen and oxygen atoms in total. The van der Waals surface area contributed by atoms with Gasteiger partial charge < -0.3 is 14.9 Å². The van der Waals surface area contributed by atoms with Crippen molar-refractivity contribution in [3.63, 3.8) is 0 Å². The Morgan fingerprint density at radius 1 is 1.00 bits per heavy atom. The Labute approximate surface area is 180 Å². The lowest BCUT2D eigenvalue weighted by Crippen LogP contribution is -2.58. The molecular formula is C21H20Br2O5. The van der Waals surface area contributed by atoms with Crippen molar-refractivity contribution >= 4 is 43.4 Å². The first-order valence-corrected chi connectivity index (χ1v) is 10.6. The van der Waals surface area contributed by atoms with Crippen LogP contribution in [0.2, 0.25) is 0 Å². The first kappa shape index (κ1) is 21.3. The normalized spacial score (nSPS) is 28.1. The van der Waals surface area contributed by atoms with Gasteiger partial charge in [0.15, 0.2) is 17.2 Å². The van der Waals surface area contributed by atoms with Gasteiger partial charge in [0.05, 0.1) is 4.83 Å². The number of ketones is 2. The topological polar surface area (TPSA) is 83.8 Å². The molecular weight excluding hydrogens is 492 g/mol.